The number of carbonyl (C=O) groups excluding carboxylic acids is 2. The molecule has 0 aromatic heterocycles. The van der Waals surface area contributed by atoms with Crippen molar-refractivity contribution in [3.8, 4) is 11.1 Å². The molecule has 2 fully saturated rings. The average molecular weight is 627 g/mol. The fourth-order valence-corrected chi connectivity index (χ4v) is 6.28. The fraction of sp³-hybridized carbons (Fsp3) is 0.545. The zero-order valence-electron chi connectivity index (χ0n) is 26.2. The van der Waals surface area contributed by atoms with Crippen LogP contribution in [0.3, 0.4) is 0 Å². The van der Waals surface area contributed by atoms with Crippen molar-refractivity contribution in [1.29, 1.82) is 0 Å². The predicted molar refractivity (Wildman–Crippen MR) is 161 cm³/mol. The molecule has 2 saturated heterocycles. The molecule has 0 bridgehead atoms. The first-order chi connectivity index (χ1) is 21.3. The van der Waals surface area contributed by atoms with Gasteiger partial charge < -0.3 is 39.2 Å². The number of carboxylic acids is 1. The summed E-state index contributed by atoms with van der Waals surface area (Å²) in [7, 11) is 1.34. The number of ether oxygens (including phenoxy) is 5. The molecule has 0 unspecified atom stereocenters. The lowest BCUT2D eigenvalue weighted by Crippen LogP contribution is -2.48. The Hall–Kier alpha value is -3.55. The quantitative estimate of drug-likeness (QED) is 0.339. The summed E-state index contributed by atoms with van der Waals surface area (Å²) < 4.78 is 29.1. The second kappa shape index (κ2) is 13.1. The Labute approximate surface area is 262 Å². The van der Waals surface area contributed by atoms with Gasteiger partial charge >= 0.3 is 12.1 Å². The Balaban J connectivity index is 1.12. The van der Waals surface area contributed by atoms with Crippen LogP contribution in [-0.4, -0.2) is 102 Å². The number of aliphatic hydroxyl groups is 1. The van der Waals surface area contributed by atoms with Crippen LogP contribution in [0.4, 0.5) is 4.79 Å². The Bertz CT molecular complexity index is 1370. The highest BCUT2D eigenvalue weighted by atomic mass is 16.8. The number of hydrogen-bond acceptors (Lipinski definition) is 9. The zero-order valence-corrected chi connectivity index (χ0v) is 26.2. The maximum Gasteiger partial charge on any atom is 0.410 e. The number of nitrogens with zero attached hydrogens (tertiary/aromatic N) is 1. The summed E-state index contributed by atoms with van der Waals surface area (Å²) in [4.78, 5) is 38.7. The predicted octanol–water partition coefficient (Wildman–Crippen LogP) is 3.25. The SMILES string of the molecule is CN(C(=O)OCC1c2ccccc2-c2ccccc21)[C@@H](CCC(=O)NC[C@H](O)[C@H]1OC(C)(C)O[C@@H]1[C@H]1COC(C)(C)O1)C(=O)O. The molecule has 3 aliphatic rings. The molecule has 12 heteroatoms. The highest BCUT2D eigenvalue weighted by molar-refractivity contribution is 5.82. The highest BCUT2D eigenvalue weighted by Crippen LogP contribution is 2.44. The smallest absolute Gasteiger partial charge is 0.410 e. The number of carbonyl (C=O) groups is 3. The van der Waals surface area contributed by atoms with Crippen LogP contribution >= 0.6 is 0 Å². The third-order valence-corrected chi connectivity index (χ3v) is 8.47. The van der Waals surface area contributed by atoms with Gasteiger partial charge in [-0.2, -0.15) is 0 Å². The molecule has 0 saturated carbocycles. The van der Waals surface area contributed by atoms with Crippen LogP contribution in [0.1, 0.15) is 57.6 Å². The van der Waals surface area contributed by atoms with E-state index in [0.29, 0.717) is 0 Å². The highest BCUT2D eigenvalue weighted by Gasteiger charge is 2.52. The van der Waals surface area contributed by atoms with Gasteiger partial charge in [-0.3, -0.25) is 9.69 Å². The van der Waals surface area contributed by atoms with Crippen molar-refractivity contribution in [2.24, 2.45) is 0 Å². The first kappa shape index (κ1) is 32.8. The number of likely N-dealkylation sites (N-methyl/N-ethyl adjacent to an activating group) is 1. The fourth-order valence-electron chi connectivity index (χ4n) is 6.28. The van der Waals surface area contributed by atoms with E-state index < -0.39 is 60.0 Å². The molecule has 2 aromatic rings. The lowest BCUT2D eigenvalue weighted by atomic mass is 9.98. The van der Waals surface area contributed by atoms with E-state index in [9.17, 15) is 24.6 Å². The summed E-state index contributed by atoms with van der Waals surface area (Å²) in [6.07, 6.45) is -4.18. The third-order valence-electron chi connectivity index (χ3n) is 8.47. The second-order valence-electron chi connectivity index (χ2n) is 12.6. The monoisotopic (exact) mass is 626 g/mol. The summed E-state index contributed by atoms with van der Waals surface area (Å²) in [5.41, 5.74) is 4.25. The molecule has 2 amide bonds. The van der Waals surface area contributed by atoms with Gasteiger partial charge in [0.15, 0.2) is 11.6 Å². The second-order valence-corrected chi connectivity index (χ2v) is 12.6. The normalized spacial score (nSPS) is 24.4. The van der Waals surface area contributed by atoms with E-state index in [1.54, 1.807) is 27.7 Å². The van der Waals surface area contributed by atoms with Gasteiger partial charge in [-0.1, -0.05) is 48.5 Å². The number of rotatable bonds is 11. The summed E-state index contributed by atoms with van der Waals surface area (Å²) in [5.74, 6) is -3.69. The molecule has 2 aromatic carbocycles. The van der Waals surface area contributed by atoms with Crippen LogP contribution in [0.15, 0.2) is 48.5 Å². The standard InChI is InChI=1S/C33H42N2O10/c1-32(2)42-18-26(43-32)29-28(44-33(3,4)45-29)25(36)16-34-27(37)15-14-24(30(38)39)35(5)31(40)41-17-23-21-12-8-6-10-19(21)20-11-7-9-13-22(20)23/h6-13,23-26,28-29,36H,14-18H2,1-5H3,(H,34,37)(H,38,39)/t24-,25-,26+,28+,29+/m0/s1. The van der Waals surface area contributed by atoms with Crippen molar-refractivity contribution >= 4 is 18.0 Å². The van der Waals surface area contributed by atoms with E-state index in [-0.39, 0.29) is 38.5 Å². The third kappa shape index (κ3) is 7.31. The zero-order chi connectivity index (χ0) is 32.5. The summed E-state index contributed by atoms with van der Waals surface area (Å²) in [6.45, 7) is 7.18. The molecule has 0 spiro atoms. The topological polar surface area (TPSA) is 153 Å². The van der Waals surface area contributed by atoms with Gasteiger partial charge in [0.2, 0.25) is 5.91 Å². The van der Waals surface area contributed by atoms with Gasteiger partial charge in [-0.25, -0.2) is 9.59 Å². The lowest BCUT2D eigenvalue weighted by molar-refractivity contribution is -0.175. The molecule has 5 rings (SSSR count). The van der Waals surface area contributed by atoms with Gasteiger partial charge in [-0.05, 0) is 56.4 Å². The van der Waals surface area contributed by atoms with E-state index in [1.165, 1.54) is 7.05 Å². The maximum atomic E-state index is 13.0. The number of carboxylic acid groups (broad SMARTS) is 1. The molecule has 12 nitrogen and oxygen atoms in total. The minimum Gasteiger partial charge on any atom is -0.480 e. The number of amides is 2. The van der Waals surface area contributed by atoms with Crippen LogP contribution in [0.5, 0.6) is 0 Å². The first-order valence-electron chi connectivity index (χ1n) is 15.2. The van der Waals surface area contributed by atoms with Crippen LogP contribution in [0, 0.1) is 0 Å². The maximum absolute atomic E-state index is 13.0. The number of aliphatic carboxylic acids is 1. The number of aliphatic hydroxyl groups excluding tert-OH is 1. The molecule has 5 atom stereocenters. The van der Waals surface area contributed by atoms with E-state index in [1.807, 2.05) is 48.5 Å². The molecule has 0 radical (unpaired) electrons. The summed E-state index contributed by atoms with van der Waals surface area (Å²) in [6, 6.07) is 14.5. The van der Waals surface area contributed by atoms with Crippen molar-refractivity contribution in [3.63, 3.8) is 0 Å². The van der Waals surface area contributed by atoms with Gasteiger partial charge in [-0.15, -0.1) is 0 Å². The van der Waals surface area contributed by atoms with E-state index in [0.717, 1.165) is 27.2 Å². The molecule has 1 aliphatic carbocycles. The largest absolute Gasteiger partial charge is 0.480 e. The van der Waals surface area contributed by atoms with Gasteiger partial charge in [0.1, 0.15) is 37.1 Å². The number of fused-ring (bicyclic) bond motifs is 3. The molecule has 244 valence electrons. The van der Waals surface area contributed by atoms with Crippen LogP contribution in [-0.2, 0) is 33.3 Å². The minimum atomic E-state index is -1.30. The van der Waals surface area contributed by atoms with E-state index >= 15 is 0 Å². The Morgan fingerprint density at radius 2 is 1.60 bits per heavy atom. The molecule has 2 heterocycles. The van der Waals surface area contributed by atoms with Crippen molar-refractivity contribution in [2.75, 3.05) is 26.8 Å². The van der Waals surface area contributed by atoms with Crippen LogP contribution in [0.25, 0.3) is 11.1 Å². The molecule has 45 heavy (non-hydrogen) atoms. The number of benzene rings is 2. The molecule has 2 aliphatic heterocycles. The van der Waals surface area contributed by atoms with Gasteiger partial charge in [0.25, 0.3) is 0 Å². The average Bonchev–Trinajstić information content (AvgIpc) is 3.64. The van der Waals surface area contributed by atoms with Crippen molar-refractivity contribution in [3.05, 3.63) is 59.7 Å². The Kier molecular flexibility index (Phi) is 9.52. The summed E-state index contributed by atoms with van der Waals surface area (Å²) >= 11 is 0. The molecule has 3 N–H and O–H groups in total. The van der Waals surface area contributed by atoms with Crippen molar-refractivity contribution in [2.45, 2.75) is 88.5 Å². The van der Waals surface area contributed by atoms with Gasteiger partial charge in [0.05, 0.1) is 6.61 Å². The number of hydrogen-bond donors (Lipinski definition) is 3. The number of nitrogens with one attached hydrogen (secondary N) is 1. The van der Waals surface area contributed by atoms with Crippen LogP contribution in [0.2, 0.25) is 0 Å². The van der Waals surface area contributed by atoms with Gasteiger partial charge in [0, 0.05) is 25.9 Å². The van der Waals surface area contributed by atoms with Crippen molar-refractivity contribution < 1.29 is 48.3 Å². The van der Waals surface area contributed by atoms with Crippen molar-refractivity contribution in [1.82, 2.24) is 10.2 Å². The Morgan fingerprint density at radius 3 is 2.18 bits per heavy atom. The lowest BCUT2D eigenvalue weighted by Gasteiger charge is -2.27. The molecular weight excluding hydrogens is 584 g/mol. The Morgan fingerprint density at radius 1 is 0.978 bits per heavy atom. The first-order valence-corrected chi connectivity index (χ1v) is 15.2. The minimum absolute atomic E-state index is 0.0438. The summed E-state index contributed by atoms with van der Waals surface area (Å²) in [5, 5.41) is 23.4. The van der Waals surface area contributed by atoms with E-state index in [4.69, 9.17) is 23.7 Å². The van der Waals surface area contributed by atoms with Crippen LogP contribution < -0.4 is 5.32 Å². The van der Waals surface area contributed by atoms with E-state index in [2.05, 4.69) is 5.32 Å². The molecular formula is C33H42N2O10.